The number of benzene rings is 1. The normalized spacial score (nSPS) is 10.8. The third-order valence-electron chi connectivity index (χ3n) is 2.63. The van der Waals surface area contributed by atoms with Crippen molar-refractivity contribution in [3.8, 4) is 11.3 Å². The Kier molecular flexibility index (Phi) is 3.64. The number of hydrogen-bond acceptors (Lipinski definition) is 2. The van der Waals surface area contributed by atoms with Gasteiger partial charge in [0.05, 0.1) is 15.2 Å². The van der Waals surface area contributed by atoms with Crippen LogP contribution in [0.1, 0.15) is 5.56 Å². The van der Waals surface area contributed by atoms with Crippen molar-refractivity contribution >= 4 is 33.3 Å². The first-order chi connectivity index (χ1) is 8.41. The van der Waals surface area contributed by atoms with Crippen LogP contribution in [-0.4, -0.2) is 24.3 Å². The molecule has 0 saturated heterocycles. The van der Waals surface area contributed by atoms with Gasteiger partial charge >= 0.3 is 0 Å². The second kappa shape index (κ2) is 4.90. The van der Waals surface area contributed by atoms with Crippen molar-refractivity contribution in [1.29, 1.82) is 0 Å². The predicted octanol–water partition coefficient (Wildman–Crippen LogP) is 4.01. The fraction of sp³-hybridized carbons (Fsp3) is 0.250. The van der Waals surface area contributed by atoms with Gasteiger partial charge in [0, 0.05) is 19.7 Å². The summed E-state index contributed by atoms with van der Waals surface area (Å²) >= 11 is 9.60. The molecule has 96 valence electrons. The van der Waals surface area contributed by atoms with Crippen molar-refractivity contribution in [2.75, 3.05) is 19.0 Å². The Morgan fingerprint density at radius 1 is 1.39 bits per heavy atom. The minimum atomic E-state index is -0.290. The molecule has 1 aromatic heterocycles. The highest BCUT2D eigenvalue weighted by atomic mass is 79.9. The number of halogens is 3. The first-order valence-electron chi connectivity index (χ1n) is 5.29. The maximum Gasteiger partial charge on any atom is 0.164 e. The van der Waals surface area contributed by atoms with Gasteiger partial charge in [-0.15, -0.1) is 0 Å². The van der Waals surface area contributed by atoms with E-state index in [0.29, 0.717) is 21.8 Å². The molecule has 0 amide bonds. The van der Waals surface area contributed by atoms with Crippen LogP contribution in [0.3, 0.4) is 0 Å². The third-order valence-corrected chi connectivity index (χ3v) is 3.69. The summed E-state index contributed by atoms with van der Waals surface area (Å²) in [5, 5.41) is 7.52. The average Bonchev–Trinajstić information content (AvgIpc) is 2.66. The Balaban J connectivity index is 2.59. The first-order valence-corrected chi connectivity index (χ1v) is 6.46. The van der Waals surface area contributed by atoms with Crippen molar-refractivity contribution < 1.29 is 4.39 Å². The molecule has 0 aliphatic carbocycles. The quantitative estimate of drug-likeness (QED) is 0.901. The minimum Gasteiger partial charge on any atom is -0.360 e. The number of nitrogens with zero attached hydrogens (tertiary/aromatic N) is 2. The molecule has 0 aliphatic heterocycles. The molecule has 0 saturated carbocycles. The summed E-state index contributed by atoms with van der Waals surface area (Å²) in [5.41, 5.74) is 1.78. The number of hydrogen-bond donors (Lipinski definition) is 1. The lowest BCUT2D eigenvalue weighted by molar-refractivity contribution is 0.619. The third kappa shape index (κ3) is 2.24. The van der Waals surface area contributed by atoms with E-state index >= 15 is 0 Å². The number of rotatable bonds is 2. The monoisotopic (exact) mass is 331 g/mol. The van der Waals surface area contributed by atoms with E-state index in [1.807, 2.05) is 19.0 Å². The van der Waals surface area contributed by atoms with Gasteiger partial charge in [0.1, 0.15) is 5.82 Å². The van der Waals surface area contributed by atoms with Gasteiger partial charge in [0.25, 0.3) is 0 Å². The average molecular weight is 333 g/mol. The van der Waals surface area contributed by atoms with Crippen LogP contribution in [0.15, 0.2) is 16.6 Å². The highest BCUT2D eigenvalue weighted by molar-refractivity contribution is 9.10. The number of H-pyrrole nitrogens is 1. The molecular formula is C12H12BrClFN3. The second-order valence-electron chi connectivity index (χ2n) is 4.21. The van der Waals surface area contributed by atoms with Crippen molar-refractivity contribution in [3.05, 3.63) is 33.0 Å². The molecule has 0 aliphatic rings. The Labute approximate surface area is 118 Å². The van der Waals surface area contributed by atoms with Crippen LogP contribution in [0, 0.1) is 12.7 Å². The minimum absolute atomic E-state index is 0.290. The molecule has 18 heavy (non-hydrogen) atoms. The topological polar surface area (TPSA) is 31.9 Å². The molecule has 0 radical (unpaired) electrons. The SMILES string of the molecule is Cc1cc(Cl)c(-c2[nH]nc(N(C)C)c2Br)cc1F. The van der Waals surface area contributed by atoms with Gasteiger partial charge < -0.3 is 4.90 Å². The van der Waals surface area contributed by atoms with E-state index in [1.165, 1.54) is 6.07 Å². The standard InChI is InChI=1S/C12H12BrClFN3/c1-6-4-8(14)7(5-9(6)15)11-10(13)12(17-16-11)18(2)3/h4-5H,1-3H3,(H,16,17). The fourth-order valence-corrected chi connectivity index (χ4v) is 2.69. The number of nitrogens with one attached hydrogen (secondary N) is 1. The van der Waals surface area contributed by atoms with Gasteiger partial charge in [-0.25, -0.2) is 4.39 Å². The molecule has 1 N–H and O–H groups in total. The summed E-state index contributed by atoms with van der Waals surface area (Å²) in [6, 6.07) is 3.02. The summed E-state index contributed by atoms with van der Waals surface area (Å²) in [5.74, 6) is 0.448. The summed E-state index contributed by atoms with van der Waals surface area (Å²) in [6.45, 7) is 1.68. The number of anilines is 1. The molecule has 1 heterocycles. The van der Waals surface area contributed by atoms with Crippen molar-refractivity contribution in [3.63, 3.8) is 0 Å². The fourth-order valence-electron chi connectivity index (χ4n) is 1.63. The van der Waals surface area contributed by atoms with Gasteiger partial charge in [-0.1, -0.05) is 11.6 Å². The first kappa shape index (κ1) is 13.4. The van der Waals surface area contributed by atoms with Crippen LogP contribution < -0.4 is 4.90 Å². The molecule has 3 nitrogen and oxygen atoms in total. The van der Waals surface area contributed by atoms with Gasteiger partial charge in [0.2, 0.25) is 0 Å². The van der Waals surface area contributed by atoms with Gasteiger partial charge in [-0.05, 0) is 40.5 Å². The molecule has 0 fully saturated rings. The largest absolute Gasteiger partial charge is 0.360 e. The molecule has 1 aromatic carbocycles. The summed E-state index contributed by atoms with van der Waals surface area (Å²) < 4.78 is 14.4. The van der Waals surface area contributed by atoms with Crippen LogP contribution >= 0.6 is 27.5 Å². The lowest BCUT2D eigenvalue weighted by Gasteiger charge is -2.09. The molecular weight excluding hydrogens is 321 g/mol. The van der Waals surface area contributed by atoms with E-state index in [4.69, 9.17) is 11.6 Å². The Morgan fingerprint density at radius 2 is 2.06 bits per heavy atom. The van der Waals surface area contributed by atoms with E-state index < -0.39 is 0 Å². The predicted molar refractivity (Wildman–Crippen MR) is 75.8 cm³/mol. The molecule has 0 unspecified atom stereocenters. The van der Waals surface area contributed by atoms with E-state index in [2.05, 4.69) is 26.1 Å². The highest BCUT2D eigenvalue weighted by Gasteiger charge is 2.17. The van der Waals surface area contributed by atoms with Crippen LogP contribution in [0.5, 0.6) is 0 Å². The Morgan fingerprint density at radius 3 is 2.61 bits per heavy atom. The lowest BCUT2D eigenvalue weighted by atomic mass is 10.1. The van der Waals surface area contributed by atoms with Crippen LogP contribution in [0.25, 0.3) is 11.3 Å². The van der Waals surface area contributed by atoms with Gasteiger partial charge in [-0.3, -0.25) is 5.10 Å². The molecule has 2 rings (SSSR count). The van der Waals surface area contributed by atoms with Crippen molar-refractivity contribution in [2.45, 2.75) is 6.92 Å². The van der Waals surface area contributed by atoms with E-state index in [1.54, 1.807) is 13.0 Å². The van der Waals surface area contributed by atoms with Crippen molar-refractivity contribution in [1.82, 2.24) is 10.2 Å². The number of aryl methyl sites for hydroxylation is 1. The number of aromatic amines is 1. The smallest absolute Gasteiger partial charge is 0.164 e. The summed E-state index contributed by atoms with van der Waals surface area (Å²) in [6.07, 6.45) is 0. The maximum absolute atomic E-state index is 13.6. The van der Waals surface area contributed by atoms with E-state index in [0.717, 1.165) is 10.3 Å². The zero-order valence-electron chi connectivity index (χ0n) is 10.2. The van der Waals surface area contributed by atoms with Crippen LogP contribution in [0.4, 0.5) is 10.2 Å². The highest BCUT2D eigenvalue weighted by Crippen LogP contribution is 2.37. The summed E-state index contributed by atoms with van der Waals surface area (Å²) in [7, 11) is 3.75. The summed E-state index contributed by atoms with van der Waals surface area (Å²) in [4.78, 5) is 1.85. The molecule has 6 heteroatoms. The molecule has 2 aromatic rings. The zero-order chi connectivity index (χ0) is 13.4. The molecule has 0 spiro atoms. The number of aromatic nitrogens is 2. The lowest BCUT2D eigenvalue weighted by Crippen LogP contribution is -2.09. The van der Waals surface area contributed by atoms with Crippen LogP contribution in [0.2, 0.25) is 5.02 Å². The molecule has 0 atom stereocenters. The van der Waals surface area contributed by atoms with Crippen molar-refractivity contribution in [2.24, 2.45) is 0 Å². The second-order valence-corrected chi connectivity index (χ2v) is 5.41. The zero-order valence-corrected chi connectivity index (χ0v) is 12.5. The van der Waals surface area contributed by atoms with Gasteiger partial charge in [0.15, 0.2) is 5.82 Å². The van der Waals surface area contributed by atoms with E-state index in [9.17, 15) is 4.39 Å². The van der Waals surface area contributed by atoms with Gasteiger partial charge in [-0.2, -0.15) is 5.10 Å². The Hall–Kier alpha value is -1.07. The molecule has 0 bridgehead atoms. The van der Waals surface area contributed by atoms with E-state index in [-0.39, 0.29) is 5.82 Å². The van der Waals surface area contributed by atoms with Crippen LogP contribution in [-0.2, 0) is 0 Å². The Bertz CT molecular complexity index is 595. The maximum atomic E-state index is 13.6.